The Bertz CT molecular complexity index is 399. The molecule has 0 atom stereocenters. The summed E-state index contributed by atoms with van der Waals surface area (Å²) >= 11 is 0. The molecule has 1 saturated heterocycles. The number of rotatable bonds is 9. The minimum absolute atomic E-state index is 0.314. The fourth-order valence-corrected chi connectivity index (χ4v) is 2.52. The summed E-state index contributed by atoms with van der Waals surface area (Å²) in [6, 6.07) is 0. The highest BCUT2D eigenvalue weighted by Gasteiger charge is 2.52. The van der Waals surface area contributed by atoms with Crippen LogP contribution in [0.15, 0.2) is 11.5 Å². The molecule has 1 aliphatic rings. The first-order valence-corrected chi connectivity index (χ1v) is 8.96. The van der Waals surface area contributed by atoms with Gasteiger partial charge in [-0.3, -0.25) is 0 Å². The Morgan fingerprint density at radius 1 is 1.00 bits per heavy atom. The van der Waals surface area contributed by atoms with Gasteiger partial charge < -0.3 is 14.0 Å². The van der Waals surface area contributed by atoms with E-state index in [0.717, 1.165) is 24.7 Å². The molecule has 0 aromatic carbocycles. The Morgan fingerprint density at radius 2 is 1.57 bits per heavy atom. The summed E-state index contributed by atoms with van der Waals surface area (Å²) in [6.45, 7) is 12.5. The van der Waals surface area contributed by atoms with Crippen molar-refractivity contribution in [1.29, 1.82) is 0 Å². The average Bonchev–Trinajstić information content (AvgIpc) is 2.66. The summed E-state index contributed by atoms with van der Waals surface area (Å²) < 4.78 is 17.2. The van der Waals surface area contributed by atoms with Crippen molar-refractivity contribution in [3.63, 3.8) is 0 Å². The first-order chi connectivity index (χ1) is 10.7. The van der Waals surface area contributed by atoms with Gasteiger partial charge >= 0.3 is 13.1 Å². The lowest BCUT2D eigenvalue weighted by Gasteiger charge is -2.32. The molecule has 0 saturated carbocycles. The van der Waals surface area contributed by atoms with Crippen molar-refractivity contribution < 1.29 is 18.8 Å². The molecular formula is C18H33BO4. The van der Waals surface area contributed by atoms with Gasteiger partial charge in [0.25, 0.3) is 0 Å². The maximum atomic E-state index is 11.9. The molecule has 5 heteroatoms. The van der Waals surface area contributed by atoms with Gasteiger partial charge in [0.2, 0.25) is 0 Å². The number of hydrogen-bond acceptors (Lipinski definition) is 4. The van der Waals surface area contributed by atoms with Crippen molar-refractivity contribution in [2.24, 2.45) is 0 Å². The van der Waals surface area contributed by atoms with E-state index < -0.39 is 18.3 Å². The average molecular weight is 324 g/mol. The van der Waals surface area contributed by atoms with Crippen LogP contribution in [0.3, 0.4) is 0 Å². The largest absolute Gasteiger partial charge is 0.490 e. The smallest absolute Gasteiger partial charge is 0.463 e. The van der Waals surface area contributed by atoms with Gasteiger partial charge in [0, 0.05) is 6.08 Å². The third-order valence-corrected chi connectivity index (χ3v) is 4.71. The van der Waals surface area contributed by atoms with Crippen LogP contribution in [-0.4, -0.2) is 30.9 Å². The van der Waals surface area contributed by atoms with Gasteiger partial charge in [0.1, 0.15) is 0 Å². The van der Waals surface area contributed by atoms with Crippen LogP contribution in [0.4, 0.5) is 0 Å². The van der Waals surface area contributed by atoms with E-state index >= 15 is 0 Å². The second kappa shape index (κ2) is 8.88. The minimum Gasteiger partial charge on any atom is -0.463 e. The van der Waals surface area contributed by atoms with Crippen LogP contribution in [0.1, 0.15) is 80.1 Å². The number of allylic oxidation sites excluding steroid dienone is 1. The van der Waals surface area contributed by atoms with Crippen LogP contribution < -0.4 is 0 Å². The van der Waals surface area contributed by atoms with Crippen LogP contribution in [0.2, 0.25) is 0 Å². The lowest BCUT2D eigenvalue weighted by atomic mass is 9.75. The molecule has 0 spiro atoms. The highest BCUT2D eigenvalue weighted by molar-refractivity contribution is 6.55. The van der Waals surface area contributed by atoms with Crippen molar-refractivity contribution >= 4 is 13.1 Å². The van der Waals surface area contributed by atoms with Crippen molar-refractivity contribution in [2.45, 2.75) is 91.3 Å². The van der Waals surface area contributed by atoms with Crippen LogP contribution in [-0.2, 0) is 18.8 Å². The normalized spacial score (nSPS) is 19.9. The molecule has 0 bridgehead atoms. The molecule has 0 unspecified atom stereocenters. The zero-order valence-corrected chi connectivity index (χ0v) is 15.7. The zero-order valence-electron chi connectivity index (χ0n) is 15.7. The molecule has 0 amide bonds. The fraction of sp³-hybridized carbons (Fsp3) is 0.833. The summed E-state index contributed by atoms with van der Waals surface area (Å²) in [4.78, 5) is 11.9. The standard InChI is InChI=1S/C18H33BO4/c1-7-9-10-11-12-13-15(14-16(20)21-8-2)19-22-17(3,4)18(5,6)23-19/h14H,7-13H2,1-6H3/b15-14+. The molecule has 23 heavy (non-hydrogen) atoms. The topological polar surface area (TPSA) is 44.8 Å². The van der Waals surface area contributed by atoms with Crippen LogP contribution >= 0.6 is 0 Å². The molecule has 1 rings (SSSR count). The Hall–Kier alpha value is -0.805. The van der Waals surface area contributed by atoms with Crippen molar-refractivity contribution in [2.75, 3.05) is 6.61 Å². The Labute approximate surface area is 142 Å². The monoisotopic (exact) mass is 324 g/mol. The Morgan fingerprint density at radius 3 is 2.09 bits per heavy atom. The van der Waals surface area contributed by atoms with Crippen LogP contribution in [0.5, 0.6) is 0 Å². The summed E-state index contributed by atoms with van der Waals surface area (Å²) in [5, 5.41) is 0. The summed E-state index contributed by atoms with van der Waals surface area (Å²) in [6.07, 6.45) is 8.27. The summed E-state index contributed by atoms with van der Waals surface area (Å²) in [5.74, 6) is -0.314. The van der Waals surface area contributed by atoms with E-state index in [4.69, 9.17) is 14.0 Å². The highest BCUT2D eigenvalue weighted by atomic mass is 16.7. The molecule has 0 radical (unpaired) electrons. The third-order valence-electron chi connectivity index (χ3n) is 4.71. The minimum atomic E-state index is -0.462. The van der Waals surface area contributed by atoms with Gasteiger partial charge in [-0.25, -0.2) is 4.79 Å². The maximum Gasteiger partial charge on any atom is 0.490 e. The SMILES string of the molecule is CCCCCCC/C(=C\C(=O)OCC)B1OC(C)(C)C(C)(C)O1. The van der Waals surface area contributed by atoms with Gasteiger partial charge in [-0.2, -0.15) is 0 Å². The highest BCUT2D eigenvalue weighted by Crippen LogP contribution is 2.39. The number of carbonyl (C=O) groups excluding carboxylic acids is 1. The maximum absolute atomic E-state index is 11.9. The van der Waals surface area contributed by atoms with Crippen molar-refractivity contribution in [3.8, 4) is 0 Å². The van der Waals surface area contributed by atoms with E-state index in [1.807, 2.05) is 34.6 Å². The van der Waals surface area contributed by atoms with E-state index in [1.54, 1.807) is 6.08 Å². The number of esters is 1. The van der Waals surface area contributed by atoms with Gasteiger partial charge in [-0.1, -0.05) is 39.0 Å². The van der Waals surface area contributed by atoms with E-state index in [9.17, 15) is 4.79 Å². The second-order valence-electron chi connectivity index (χ2n) is 7.22. The van der Waals surface area contributed by atoms with Crippen molar-refractivity contribution in [3.05, 3.63) is 11.5 Å². The summed E-state index contributed by atoms with van der Waals surface area (Å²) in [5.41, 5.74) is 0.0972. The number of hydrogen-bond donors (Lipinski definition) is 0. The first-order valence-electron chi connectivity index (χ1n) is 8.96. The lowest BCUT2D eigenvalue weighted by molar-refractivity contribution is -0.137. The van der Waals surface area contributed by atoms with E-state index in [-0.39, 0.29) is 5.97 Å². The molecule has 0 aromatic heterocycles. The fourth-order valence-electron chi connectivity index (χ4n) is 2.52. The molecule has 4 nitrogen and oxygen atoms in total. The second-order valence-corrected chi connectivity index (χ2v) is 7.22. The van der Waals surface area contributed by atoms with Crippen molar-refractivity contribution in [1.82, 2.24) is 0 Å². The number of ether oxygens (including phenoxy) is 1. The lowest BCUT2D eigenvalue weighted by Crippen LogP contribution is -2.41. The Kier molecular flexibility index (Phi) is 7.82. The Balaban J connectivity index is 2.74. The zero-order chi connectivity index (χ0) is 17.5. The van der Waals surface area contributed by atoms with Gasteiger partial charge in [0.05, 0.1) is 17.8 Å². The predicted molar refractivity (Wildman–Crippen MR) is 94.2 cm³/mol. The predicted octanol–water partition coefficient (Wildman–Crippen LogP) is 4.47. The molecule has 132 valence electrons. The van der Waals surface area contributed by atoms with Gasteiger partial charge in [-0.05, 0) is 46.5 Å². The molecule has 0 N–H and O–H groups in total. The van der Waals surface area contributed by atoms with Crippen LogP contribution in [0.25, 0.3) is 0 Å². The quantitative estimate of drug-likeness (QED) is 0.272. The van der Waals surface area contributed by atoms with E-state index in [2.05, 4.69) is 6.92 Å². The number of carbonyl (C=O) groups is 1. The third kappa shape index (κ3) is 5.96. The molecule has 0 aliphatic carbocycles. The number of unbranched alkanes of at least 4 members (excludes halogenated alkanes) is 4. The molecule has 1 aliphatic heterocycles. The summed E-state index contributed by atoms with van der Waals surface area (Å²) in [7, 11) is -0.462. The van der Waals surface area contributed by atoms with Gasteiger partial charge in [0.15, 0.2) is 0 Å². The van der Waals surface area contributed by atoms with Crippen LogP contribution in [0, 0.1) is 0 Å². The van der Waals surface area contributed by atoms with E-state index in [1.165, 1.54) is 19.3 Å². The van der Waals surface area contributed by atoms with Gasteiger partial charge in [-0.15, -0.1) is 0 Å². The molecular weight excluding hydrogens is 291 g/mol. The molecule has 0 aromatic rings. The van der Waals surface area contributed by atoms with E-state index in [0.29, 0.717) is 6.61 Å². The molecule has 1 heterocycles. The molecule has 1 fully saturated rings. The first kappa shape index (κ1) is 20.2.